The van der Waals surface area contributed by atoms with Gasteiger partial charge in [-0.1, -0.05) is 24.3 Å². The Kier molecular flexibility index (Phi) is 5.35. The van der Waals surface area contributed by atoms with Crippen LogP contribution in [0, 0.1) is 17.0 Å². The van der Waals surface area contributed by atoms with E-state index in [1.165, 1.54) is 24.4 Å². The molecule has 0 heterocycles. The van der Waals surface area contributed by atoms with Gasteiger partial charge in [0.15, 0.2) is 0 Å². The standard InChI is InChI=1S/C16H14N4O4/c1-11-4-2-6-13(8-11)18-15(21)16(22)19-17-10-12-5-3-7-14(9-12)20(23)24/h2-10H,1H3,(H,18,21)(H,19,22)/b17-10+. The van der Waals surface area contributed by atoms with E-state index in [9.17, 15) is 19.7 Å². The lowest BCUT2D eigenvalue weighted by Gasteiger charge is -2.04. The number of carbonyl (C=O) groups excluding carboxylic acids is 2. The minimum absolute atomic E-state index is 0.0949. The maximum Gasteiger partial charge on any atom is 0.329 e. The summed E-state index contributed by atoms with van der Waals surface area (Å²) in [5.74, 6) is -1.81. The number of aryl methyl sites for hydroxylation is 1. The Morgan fingerprint density at radius 3 is 2.58 bits per heavy atom. The Labute approximate surface area is 137 Å². The Bertz CT molecular complexity index is 817. The lowest BCUT2D eigenvalue weighted by Crippen LogP contribution is -2.32. The second-order valence-electron chi connectivity index (χ2n) is 4.87. The van der Waals surface area contributed by atoms with E-state index in [0.717, 1.165) is 5.56 Å². The number of benzene rings is 2. The smallest absolute Gasteiger partial charge is 0.318 e. The second-order valence-corrected chi connectivity index (χ2v) is 4.87. The number of amides is 2. The third-order valence-corrected chi connectivity index (χ3v) is 2.94. The second kappa shape index (κ2) is 7.63. The first-order chi connectivity index (χ1) is 11.5. The van der Waals surface area contributed by atoms with Crippen molar-refractivity contribution in [2.24, 2.45) is 5.10 Å². The molecule has 0 aliphatic carbocycles. The number of nitro benzene ring substituents is 1. The molecule has 2 N–H and O–H groups in total. The van der Waals surface area contributed by atoms with Crippen molar-refractivity contribution < 1.29 is 14.5 Å². The first-order valence-corrected chi connectivity index (χ1v) is 6.91. The Morgan fingerprint density at radius 1 is 1.12 bits per heavy atom. The van der Waals surface area contributed by atoms with E-state index in [4.69, 9.17) is 0 Å². The summed E-state index contributed by atoms with van der Waals surface area (Å²) in [6.07, 6.45) is 1.21. The van der Waals surface area contributed by atoms with Gasteiger partial charge in [0, 0.05) is 23.4 Å². The predicted octanol–water partition coefficient (Wildman–Crippen LogP) is 1.99. The molecule has 0 unspecified atom stereocenters. The molecule has 24 heavy (non-hydrogen) atoms. The summed E-state index contributed by atoms with van der Waals surface area (Å²) < 4.78 is 0. The van der Waals surface area contributed by atoms with E-state index in [1.807, 2.05) is 13.0 Å². The topological polar surface area (TPSA) is 114 Å². The molecule has 0 aliphatic heterocycles. The maximum atomic E-state index is 11.7. The number of hydrogen-bond acceptors (Lipinski definition) is 5. The van der Waals surface area contributed by atoms with Crippen LogP contribution in [0.2, 0.25) is 0 Å². The number of anilines is 1. The Balaban J connectivity index is 1.93. The monoisotopic (exact) mass is 326 g/mol. The highest BCUT2D eigenvalue weighted by molar-refractivity contribution is 6.39. The molecule has 0 aromatic heterocycles. The molecule has 2 rings (SSSR count). The Morgan fingerprint density at radius 2 is 1.88 bits per heavy atom. The Hall–Kier alpha value is -3.55. The number of nitrogens with one attached hydrogen (secondary N) is 2. The fraction of sp³-hybridized carbons (Fsp3) is 0.0625. The number of nitrogens with zero attached hydrogens (tertiary/aromatic N) is 2. The zero-order valence-electron chi connectivity index (χ0n) is 12.7. The summed E-state index contributed by atoms with van der Waals surface area (Å²) in [5, 5.41) is 16.7. The first-order valence-electron chi connectivity index (χ1n) is 6.91. The van der Waals surface area contributed by atoms with Gasteiger partial charge in [0.2, 0.25) is 0 Å². The minimum atomic E-state index is -0.946. The highest BCUT2D eigenvalue weighted by atomic mass is 16.6. The molecule has 122 valence electrons. The van der Waals surface area contributed by atoms with Crippen LogP contribution in [0.25, 0.3) is 0 Å². The number of non-ortho nitro benzene ring substituents is 1. The van der Waals surface area contributed by atoms with Gasteiger partial charge in [-0.2, -0.15) is 5.10 Å². The van der Waals surface area contributed by atoms with Crippen LogP contribution >= 0.6 is 0 Å². The van der Waals surface area contributed by atoms with Crippen LogP contribution in [-0.4, -0.2) is 23.0 Å². The molecular formula is C16H14N4O4. The SMILES string of the molecule is Cc1cccc(NC(=O)C(=O)N/N=C/c2cccc([N+](=O)[O-])c2)c1. The third-order valence-electron chi connectivity index (χ3n) is 2.94. The molecule has 0 atom stereocenters. The maximum absolute atomic E-state index is 11.7. The van der Waals surface area contributed by atoms with Crippen molar-refractivity contribution >= 4 is 29.4 Å². The largest absolute Gasteiger partial charge is 0.329 e. The van der Waals surface area contributed by atoms with E-state index >= 15 is 0 Å². The average molecular weight is 326 g/mol. The number of carbonyl (C=O) groups is 2. The molecule has 0 bridgehead atoms. The fourth-order valence-electron chi connectivity index (χ4n) is 1.85. The molecule has 2 amide bonds. The van der Waals surface area contributed by atoms with Crippen LogP contribution in [0.3, 0.4) is 0 Å². The molecule has 2 aromatic carbocycles. The van der Waals surface area contributed by atoms with Gasteiger partial charge in [0.1, 0.15) is 0 Å². The van der Waals surface area contributed by atoms with Crippen LogP contribution in [0.1, 0.15) is 11.1 Å². The van der Waals surface area contributed by atoms with Crippen LogP contribution in [-0.2, 0) is 9.59 Å². The van der Waals surface area contributed by atoms with Crippen molar-refractivity contribution in [3.63, 3.8) is 0 Å². The van der Waals surface area contributed by atoms with E-state index in [2.05, 4.69) is 15.8 Å². The zero-order valence-corrected chi connectivity index (χ0v) is 12.7. The molecule has 8 nitrogen and oxygen atoms in total. The predicted molar refractivity (Wildman–Crippen MR) is 88.6 cm³/mol. The van der Waals surface area contributed by atoms with Gasteiger partial charge < -0.3 is 5.32 Å². The summed E-state index contributed by atoms with van der Waals surface area (Å²) >= 11 is 0. The summed E-state index contributed by atoms with van der Waals surface area (Å²) in [7, 11) is 0. The summed E-state index contributed by atoms with van der Waals surface area (Å²) in [6.45, 7) is 1.86. The van der Waals surface area contributed by atoms with Crippen molar-refractivity contribution in [2.45, 2.75) is 6.92 Å². The van der Waals surface area contributed by atoms with Crippen LogP contribution in [0.15, 0.2) is 53.6 Å². The number of nitro groups is 1. The number of hydrazone groups is 1. The van der Waals surface area contributed by atoms with Gasteiger partial charge in [-0.3, -0.25) is 19.7 Å². The van der Waals surface area contributed by atoms with Crippen molar-refractivity contribution in [1.82, 2.24) is 5.43 Å². The lowest BCUT2D eigenvalue weighted by molar-refractivity contribution is -0.384. The van der Waals surface area contributed by atoms with Gasteiger partial charge in [-0.05, 0) is 24.6 Å². The van der Waals surface area contributed by atoms with E-state index in [1.54, 1.807) is 24.3 Å². The fourth-order valence-corrected chi connectivity index (χ4v) is 1.85. The number of hydrogen-bond donors (Lipinski definition) is 2. The summed E-state index contributed by atoms with van der Waals surface area (Å²) in [5.41, 5.74) is 3.83. The quantitative estimate of drug-likeness (QED) is 0.387. The van der Waals surface area contributed by atoms with E-state index < -0.39 is 16.7 Å². The van der Waals surface area contributed by atoms with Gasteiger partial charge in [0.25, 0.3) is 5.69 Å². The molecule has 2 aromatic rings. The molecule has 0 radical (unpaired) electrons. The van der Waals surface area contributed by atoms with E-state index in [0.29, 0.717) is 11.3 Å². The number of rotatable bonds is 4. The van der Waals surface area contributed by atoms with Crippen molar-refractivity contribution in [3.8, 4) is 0 Å². The molecular weight excluding hydrogens is 312 g/mol. The molecule has 0 saturated carbocycles. The van der Waals surface area contributed by atoms with Crippen LogP contribution in [0.5, 0.6) is 0 Å². The lowest BCUT2D eigenvalue weighted by atomic mass is 10.2. The highest BCUT2D eigenvalue weighted by Crippen LogP contribution is 2.11. The molecule has 8 heteroatoms. The summed E-state index contributed by atoms with van der Waals surface area (Å²) in [6, 6.07) is 12.7. The molecule has 0 aliphatic rings. The minimum Gasteiger partial charge on any atom is -0.318 e. The van der Waals surface area contributed by atoms with Gasteiger partial charge in [-0.25, -0.2) is 5.43 Å². The van der Waals surface area contributed by atoms with Gasteiger partial charge in [0.05, 0.1) is 11.1 Å². The van der Waals surface area contributed by atoms with Crippen molar-refractivity contribution in [3.05, 3.63) is 69.8 Å². The molecule has 0 spiro atoms. The van der Waals surface area contributed by atoms with Crippen LogP contribution < -0.4 is 10.7 Å². The zero-order chi connectivity index (χ0) is 17.5. The van der Waals surface area contributed by atoms with Crippen molar-refractivity contribution in [2.75, 3.05) is 5.32 Å². The van der Waals surface area contributed by atoms with Crippen molar-refractivity contribution in [1.29, 1.82) is 0 Å². The van der Waals surface area contributed by atoms with Crippen LogP contribution in [0.4, 0.5) is 11.4 Å². The molecule has 0 fully saturated rings. The van der Waals surface area contributed by atoms with E-state index in [-0.39, 0.29) is 5.69 Å². The highest BCUT2D eigenvalue weighted by Gasteiger charge is 2.12. The average Bonchev–Trinajstić information content (AvgIpc) is 2.55. The molecule has 0 saturated heterocycles. The normalized spacial score (nSPS) is 10.4. The third kappa shape index (κ3) is 4.73. The van der Waals surface area contributed by atoms with Gasteiger partial charge >= 0.3 is 11.8 Å². The summed E-state index contributed by atoms with van der Waals surface area (Å²) in [4.78, 5) is 33.5. The van der Waals surface area contributed by atoms with Gasteiger partial charge in [-0.15, -0.1) is 0 Å². The first kappa shape index (κ1) is 16.8.